The van der Waals surface area contributed by atoms with Crippen LogP contribution in [0.5, 0.6) is 0 Å². The van der Waals surface area contributed by atoms with E-state index in [2.05, 4.69) is 12.2 Å². The second-order valence-electron chi connectivity index (χ2n) is 6.12. The van der Waals surface area contributed by atoms with E-state index in [1.165, 1.54) is 12.8 Å². The van der Waals surface area contributed by atoms with Crippen LogP contribution in [0.15, 0.2) is 0 Å². The number of carbonyl (C=O) groups excluding carboxylic acids is 2. The summed E-state index contributed by atoms with van der Waals surface area (Å²) < 4.78 is 0. The van der Waals surface area contributed by atoms with Crippen molar-refractivity contribution in [3.63, 3.8) is 0 Å². The minimum absolute atomic E-state index is 0.0206. The van der Waals surface area contributed by atoms with Crippen molar-refractivity contribution in [3.8, 4) is 0 Å². The van der Waals surface area contributed by atoms with E-state index in [9.17, 15) is 9.59 Å². The number of carbonyl (C=O) groups is 2. The normalized spacial score (nSPS) is 21.2. The van der Waals surface area contributed by atoms with Gasteiger partial charge in [0.1, 0.15) is 5.41 Å². The molecule has 0 aromatic heterocycles. The Morgan fingerprint density at radius 2 is 1.89 bits per heavy atom. The molecule has 2 rings (SSSR count). The van der Waals surface area contributed by atoms with Crippen LogP contribution in [0.2, 0.25) is 0 Å². The maximum atomic E-state index is 12.4. The van der Waals surface area contributed by atoms with Gasteiger partial charge in [0, 0.05) is 19.6 Å². The molecule has 2 aliphatic rings. The molecule has 108 valence electrons. The quantitative estimate of drug-likeness (QED) is 0.748. The molecule has 0 saturated heterocycles. The molecule has 4 heteroatoms. The third-order valence-corrected chi connectivity index (χ3v) is 4.48. The minimum Gasteiger partial charge on any atom is -0.352 e. The number of nitrogens with zero attached hydrogens (tertiary/aromatic N) is 1. The van der Waals surface area contributed by atoms with Gasteiger partial charge in [-0.25, -0.2) is 0 Å². The van der Waals surface area contributed by atoms with E-state index in [1.54, 1.807) is 4.90 Å². The van der Waals surface area contributed by atoms with Crippen LogP contribution in [-0.2, 0) is 9.59 Å². The molecule has 2 fully saturated rings. The number of nitrogens with one attached hydrogen (secondary N) is 1. The Labute approximate surface area is 115 Å². The van der Waals surface area contributed by atoms with Crippen molar-refractivity contribution in [1.29, 1.82) is 0 Å². The minimum atomic E-state index is -0.717. The Kier molecular flexibility index (Phi) is 4.48. The largest absolute Gasteiger partial charge is 0.352 e. The summed E-state index contributed by atoms with van der Waals surface area (Å²) >= 11 is 0. The molecule has 4 nitrogen and oxygen atoms in total. The molecule has 2 amide bonds. The van der Waals surface area contributed by atoms with E-state index in [0.29, 0.717) is 6.04 Å². The first kappa shape index (κ1) is 14.4. The molecule has 0 radical (unpaired) electrons. The first-order valence-electron chi connectivity index (χ1n) is 7.66. The van der Waals surface area contributed by atoms with Gasteiger partial charge >= 0.3 is 0 Å². The molecule has 0 heterocycles. The van der Waals surface area contributed by atoms with Gasteiger partial charge in [-0.3, -0.25) is 9.59 Å². The predicted octanol–water partition coefficient (Wildman–Crippen LogP) is 2.08. The molecule has 2 saturated carbocycles. The van der Waals surface area contributed by atoms with E-state index in [4.69, 9.17) is 0 Å². The Hall–Kier alpha value is -1.06. The molecule has 0 spiro atoms. The van der Waals surface area contributed by atoms with Gasteiger partial charge in [0.25, 0.3) is 0 Å². The first-order chi connectivity index (χ1) is 9.10. The highest BCUT2D eigenvalue weighted by molar-refractivity contribution is 6.07. The van der Waals surface area contributed by atoms with Crippen molar-refractivity contribution in [2.75, 3.05) is 13.6 Å². The molecule has 1 N–H and O–H groups in total. The summed E-state index contributed by atoms with van der Waals surface area (Å²) in [7, 11) is 1.82. The van der Waals surface area contributed by atoms with Crippen molar-refractivity contribution < 1.29 is 9.59 Å². The fraction of sp³-hybridized carbons (Fsp3) is 0.867. The highest BCUT2D eigenvalue weighted by Crippen LogP contribution is 2.47. The summed E-state index contributed by atoms with van der Waals surface area (Å²) in [5.74, 6) is 0.00388. The average Bonchev–Trinajstić information content (AvgIpc) is 3.07. The summed E-state index contributed by atoms with van der Waals surface area (Å²) in [6, 6.07) is 0.304. The predicted molar refractivity (Wildman–Crippen MR) is 74.6 cm³/mol. The van der Waals surface area contributed by atoms with Crippen LogP contribution >= 0.6 is 0 Å². The summed E-state index contributed by atoms with van der Waals surface area (Å²) in [5, 5.41) is 3.09. The second kappa shape index (κ2) is 5.93. The summed E-state index contributed by atoms with van der Waals surface area (Å²) in [4.78, 5) is 26.5. The molecular formula is C15H26N2O2. The van der Waals surface area contributed by atoms with Crippen LogP contribution in [0.3, 0.4) is 0 Å². The number of amides is 2. The zero-order chi connectivity index (χ0) is 13.9. The average molecular weight is 266 g/mol. The van der Waals surface area contributed by atoms with Crippen molar-refractivity contribution in [2.24, 2.45) is 5.41 Å². The number of rotatable bonds is 6. The zero-order valence-corrected chi connectivity index (χ0v) is 12.2. The lowest BCUT2D eigenvalue weighted by molar-refractivity contribution is -0.143. The smallest absolute Gasteiger partial charge is 0.238 e. The first-order valence-corrected chi connectivity index (χ1v) is 7.66. The monoisotopic (exact) mass is 266 g/mol. The molecule has 2 aliphatic carbocycles. The maximum Gasteiger partial charge on any atom is 0.238 e. The van der Waals surface area contributed by atoms with Gasteiger partial charge < -0.3 is 10.2 Å². The number of hydrogen-bond acceptors (Lipinski definition) is 2. The third-order valence-electron chi connectivity index (χ3n) is 4.48. The van der Waals surface area contributed by atoms with Gasteiger partial charge in [0.15, 0.2) is 0 Å². The lowest BCUT2D eigenvalue weighted by Gasteiger charge is -2.24. The summed E-state index contributed by atoms with van der Waals surface area (Å²) in [6.45, 7) is 2.87. The van der Waals surface area contributed by atoms with Crippen LogP contribution < -0.4 is 5.32 Å². The van der Waals surface area contributed by atoms with E-state index >= 15 is 0 Å². The topological polar surface area (TPSA) is 49.4 Å². The molecular weight excluding hydrogens is 240 g/mol. The van der Waals surface area contributed by atoms with Gasteiger partial charge in [-0.15, -0.1) is 0 Å². The van der Waals surface area contributed by atoms with Crippen LogP contribution in [0.1, 0.15) is 58.3 Å². The van der Waals surface area contributed by atoms with Crippen molar-refractivity contribution >= 4 is 11.8 Å². The maximum absolute atomic E-state index is 12.4. The van der Waals surface area contributed by atoms with Gasteiger partial charge in [0.2, 0.25) is 11.8 Å². The Morgan fingerprint density at radius 1 is 1.26 bits per heavy atom. The van der Waals surface area contributed by atoms with Crippen LogP contribution in [0, 0.1) is 5.41 Å². The van der Waals surface area contributed by atoms with Crippen molar-refractivity contribution in [2.45, 2.75) is 64.3 Å². The molecule has 0 aliphatic heterocycles. The highest BCUT2D eigenvalue weighted by atomic mass is 16.2. The number of unbranched alkanes of at least 4 members (excludes halogenated alkanes) is 1. The Balaban J connectivity index is 1.89. The summed E-state index contributed by atoms with van der Waals surface area (Å²) in [5.41, 5.74) is -0.717. The molecule has 0 atom stereocenters. The van der Waals surface area contributed by atoms with Crippen LogP contribution in [-0.4, -0.2) is 36.3 Å². The molecule has 0 aromatic carbocycles. The van der Waals surface area contributed by atoms with Crippen LogP contribution in [0.4, 0.5) is 0 Å². The fourth-order valence-corrected chi connectivity index (χ4v) is 2.92. The lowest BCUT2D eigenvalue weighted by atomic mass is 10.0. The lowest BCUT2D eigenvalue weighted by Crippen LogP contribution is -2.46. The van der Waals surface area contributed by atoms with E-state index in [0.717, 1.165) is 45.1 Å². The molecule has 0 aromatic rings. The standard InChI is InChI=1S/C15H26N2O2/c1-3-4-11-17(2)14(19)15(9-10-15)13(18)16-12-7-5-6-8-12/h12H,3-11H2,1-2H3,(H,16,18). The zero-order valence-electron chi connectivity index (χ0n) is 12.2. The molecule has 19 heavy (non-hydrogen) atoms. The Morgan fingerprint density at radius 3 is 2.42 bits per heavy atom. The third kappa shape index (κ3) is 3.10. The van der Waals surface area contributed by atoms with E-state index < -0.39 is 5.41 Å². The Bertz CT molecular complexity index is 344. The fourth-order valence-electron chi connectivity index (χ4n) is 2.92. The van der Waals surface area contributed by atoms with Gasteiger partial charge in [0.05, 0.1) is 0 Å². The molecule has 0 bridgehead atoms. The summed E-state index contributed by atoms with van der Waals surface area (Å²) in [6.07, 6.45) is 8.05. The van der Waals surface area contributed by atoms with Gasteiger partial charge in [-0.1, -0.05) is 26.2 Å². The highest BCUT2D eigenvalue weighted by Gasteiger charge is 2.57. The second-order valence-corrected chi connectivity index (χ2v) is 6.12. The molecule has 0 unspecified atom stereocenters. The van der Waals surface area contributed by atoms with Gasteiger partial charge in [-0.05, 0) is 32.1 Å². The van der Waals surface area contributed by atoms with Gasteiger partial charge in [-0.2, -0.15) is 0 Å². The number of hydrogen-bond donors (Lipinski definition) is 1. The van der Waals surface area contributed by atoms with E-state index in [-0.39, 0.29) is 11.8 Å². The van der Waals surface area contributed by atoms with Crippen molar-refractivity contribution in [1.82, 2.24) is 10.2 Å². The van der Waals surface area contributed by atoms with Crippen LogP contribution in [0.25, 0.3) is 0 Å². The van der Waals surface area contributed by atoms with Crippen molar-refractivity contribution in [3.05, 3.63) is 0 Å². The van der Waals surface area contributed by atoms with E-state index in [1.807, 2.05) is 7.05 Å². The SMILES string of the molecule is CCCCN(C)C(=O)C1(C(=O)NC2CCCC2)CC1.